The average molecular weight is 412 g/mol. The van der Waals surface area contributed by atoms with E-state index >= 15 is 0 Å². The molecule has 30 heavy (non-hydrogen) atoms. The number of nitrogens with zero attached hydrogens (tertiary/aromatic N) is 3. The zero-order valence-corrected chi connectivity index (χ0v) is 17.0. The fourth-order valence-corrected chi connectivity index (χ4v) is 3.29. The minimum absolute atomic E-state index is 0.0779. The Morgan fingerprint density at radius 2 is 1.83 bits per heavy atom. The lowest BCUT2D eigenvalue weighted by molar-refractivity contribution is -0.384. The maximum atomic E-state index is 12.4. The number of hydrogen-bond donors (Lipinski definition) is 1. The number of rotatable bonds is 7. The van der Waals surface area contributed by atoms with Gasteiger partial charge in [-0.05, 0) is 43.3 Å². The van der Waals surface area contributed by atoms with Crippen LogP contribution in [0.2, 0.25) is 0 Å². The van der Waals surface area contributed by atoms with Gasteiger partial charge in [0.05, 0.1) is 24.7 Å². The van der Waals surface area contributed by atoms with E-state index in [1.54, 1.807) is 7.05 Å². The predicted octanol–water partition coefficient (Wildman–Crippen LogP) is 2.71. The highest BCUT2D eigenvalue weighted by atomic mass is 16.6. The van der Waals surface area contributed by atoms with Crippen molar-refractivity contribution in [3.63, 3.8) is 0 Å². The molecule has 1 amide bonds. The molecule has 1 heterocycles. The molecule has 0 aliphatic carbocycles. The van der Waals surface area contributed by atoms with Gasteiger partial charge in [0.1, 0.15) is 5.69 Å². The summed E-state index contributed by atoms with van der Waals surface area (Å²) in [5, 5.41) is 14.2. The molecule has 1 fully saturated rings. The Labute approximate surface area is 174 Å². The number of anilines is 3. The lowest BCUT2D eigenvalue weighted by Gasteiger charge is -2.29. The topological polar surface area (TPSA) is 105 Å². The van der Waals surface area contributed by atoms with E-state index in [1.165, 1.54) is 30.0 Å². The predicted molar refractivity (Wildman–Crippen MR) is 114 cm³/mol. The monoisotopic (exact) mass is 412 g/mol. The summed E-state index contributed by atoms with van der Waals surface area (Å²) in [6, 6.07) is 11.8. The van der Waals surface area contributed by atoms with Crippen LogP contribution in [-0.4, -0.2) is 56.5 Å². The van der Waals surface area contributed by atoms with Crippen LogP contribution < -0.4 is 15.1 Å². The fourth-order valence-electron chi connectivity index (χ4n) is 3.29. The average Bonchev–Trinajstić information content (AvgIpc) is 2.74. The Morgan fingerprint density at radius 1 is 1.17 bits per heavy atom. The first-order valence-electron chi connectivity index (χ1n) is 9.58. The molecule has 1 aliphatic heterocycles. The van der Waals surface area contributed by atoms with Crippen LogP contribution in [0.4, 0.5) is 22.7 Å². The van der Waals surface area contributed by atoms with E-state index < -0.39 is 4.92 Å². The molecule has 0 saturated carbocycles. The standard InChI is InChI=1S/C21H24N4O5/c1-15(26)16-3-8-19(20(13-16)25(28)29)23(2)14-21(27)22-17-4-6-18(7-5-17)24-9-11-30-12-10-24/h3-8,13H,9-12,14H2,1-2H3,(H,22,27). The summed E-state index contributed by atoms with van der Waals surface area (Å²) < 4.78 is 5.35. The SMILES string of the molecule is CC(=O)c1ccc(N(C)CC(=O)Nc2ccc(N3CCOCC3)cc2)c([N+](=O)[O-])c1. The number of amides is 1. The third-order valence-electron chi connectivity index (χ3n) is 4.90. The van der Waals surface area contributed by atoms with E-state index in [2.05, 4.69) is 10.2 Å². The first kappa shape index (κ1) is 21.3. The van der Waals surface area contributed by atoms with Crippen molar-refractivity contribution in [2.45, 2.75) is 6.92 Å². The summed E-state index contributed by atoms with van der Waals surface area (Å²) in [5.41, 5.74) is 2.01. The van der Waals surface area contributed by atoms with Gasteiger partial charge in [-0.1, -0.05) is 0 Å². The van der Waals surface area contributed by atoms with Gasteiger partial charge in [-0.3, -0.25) is 19.7 Å². The molecule has 9 nitrogen and oxygen atoms in total. The highest BCUT2D eigenvalue weighted by molar-refractivity contribution is 5.97. The summed E-state index contributed by atoms with van der Waals surface area (Å²) in [5.74, 6) is -0.563. The van der Waals surface area contributed by atoms with E-state index in [0.717, 1.165) is 18.8 Å². The molecule has 1 saturated heterocycles. The third kappa shape index (κ3) is 5.12. The molecule has 2 aromatic rings. The fraction of sp³-hybridized carbons (Fsp3) is 0.333. The number of nitro groups is 1. The lowest BCUT2D eigenvalue weighted by Crippen LogP contribution is -2.36. The van der Waals surface area contributed by atoms with Crippen LogP contribution in [0.5, 0.6) is 0 Å². The molecule has 2 aromatic carbocycles. The van der Waals surface area contributed by atoms with Crippen LogP contribution in [0.3, 0.4) is 0 Å². The smallest absolute Gasteiger partial charge is 0.293 e. The van der Waals surface area contributed by atoms with Crippen LogP contribution >= 0.6 is 0 Å². The molecule has 0 bridgehead atoms. The van der Waals surface area contributed by atoms with Crippen molar-refractivity contribution in [1.29, 1.82) is 0 Å². The largest absolute Gasteiger partial charge is 0.378 e. The highest BCUT2D eigenvalue weighted by Gasteiger charge is 2.20. The zero-order valence-electron chi connectivity index (χ0n) is 17.0. The molecule has 0 unspecified atom stereocenters. The zero-order chi connectivity index (χ0) is 21.7. The first-order chi connectivity index (χ1) is 14.3. The minimum Gasteiger partial charge on any atom is -0.378 e. The molecular weight excluding hydrogens is 388 g/mol. The van der Waals surface area contributed by atoms with Crippen molar-refractivity contribution in [3.05, 3.63) is 58.1 Å². The number of ketones is 1. The number of carbonyl (C=O) groups excluding carboxylic acids is 2. The van der Waals surface area contributed by atoms with Gasteiger partial charge in [0.25, 0.3) is 5.69 Å². The van der Waals surface area contributed by atoms with Gasteiger partial charge in [0.2, 0.25) is 5.91 Å². The van der Waals surface area contributed by atoms with Crippen LogP contribution in [0.1, 0.15) is 17.3 Å². The van der Waals surface area contributed by atoms with Crippen molar-refractivity contribution >= 4 is 34.4 Å². The number of carbonyl (C=O) groups is 2. The van der Waals surface area contributed by atoms with Gasteiger partial charge in [-0.15, -0.1) is 0 Å². The number of likely N-dealkylation sites (N-methyl/N-ethyl adjacent to an activating group) is 1. The first-order valence-corrected chi connectivity index (χ1v) is 9.58. The number of ether oxygens (including phenoxy) is 1. The maximum absolute atomic E-state index is 12.4. The summed E-state index contributed by atoms with van der Waals surface area (Å²) >= 11 is 0. The number of morpholine rings is 1. The van der Waals surface area contributed by atoms with Crippen molar-refractivity contribution in [2.24, 2.45) is 0 Å². The summed E-state index contributed by atoms with van der Waals surface area (Å²) in [7, 11) is 1.59. The summed E-state index contributed by atoms with van der Waals surface area (Å²) in [6.07, 6.45) is 0. The Bertz CT molecular complexity index is 939. The molecular formula is C21H24N4O5. The second-order valence-electron chi connectivity index (χ2n) is 7.07. The molecule has 0 aromatic heterocycles. The highest BCUT2D eigenvalue weighted by Crippen LogP contribution is 2.28. The van der Waals surface area contributed by atoms with Crippen molar-refractivity contribution in [3.8, 4) is 0 Å². The second kappa shape index (κ2) is 9.36. The minimum atomic E-state index is -0.555. The van der Waals surface area contributed by atoms with Crippen LogP contribution in [-0.2, 0) is 9.53 Å². The van der Waals surface area contributed by atoms with Crippen molar-refractivity contribution in [1.82, 2.24) is 0 Å². The Balaban J connectivity index is 1.64. The molecule has 0 radical (unpaired) electrons. The summed E-state index contributed by atoms with van der Waals surface area (Å²) in [6.45, 7) is 4.33. The van der Waals surface area contributed by atoms with E-state index in [4.69, 9.17) is 4.74 Å². The molecule has 0 atom stereocenters. The van der Waals surface area contributed by atoms with E-state index in [0.29, 0.717) is 18.9 Å². The molecule has 3 rings (SSSR count). The Kier molecular flexibility index (Phi) is 6.63. The van der Waals surface area contributed by atoms with Gasteiger partial charge in [0, 0.05) is 43.1 Å². The van der Waals surface area contributed by atoms with Gasteiger partial charge < -0.3 is 19.9 Å². The molecule has 158 valence electrons. The molecule has 0 spiro atoms. The molecule has 9 heteroatoms. The van der Waals surface area contributed by atoms with Gasteiger partial charge in [0.15, 0.2) is 5.78 Å². The number of nitrogens with one attached hydrogen (secondary N) is 1. The quantitative estimate of drug-likeness (QED) is 0.423. The van der Waals surface area contributed by atoms with Gasteiger partial charge in [-0.2, -0.15) is 0 Å². The molecule has 1 aliphatic rings. The number of hydrogen-bond acceptors (Lipinski definition) is 7. The summed E-state index contributed by atoms with van der Waals surface area (Å²) in [4.78, 5) is 38.5. The van der Waals surface area contributed by atoms with E-state index in [9.17, 15) is 19.7 Å². The van der Waals surface area contributed by atoms with Gasteiger partial charge >= 0.3 is 0 Å². The van der Waals surface area contributed by atoms with Crippen LogP contribution in [0.25, 0.3) is 0 Å². The van der Waals surface area contributed by atoms with Gasteiger partial charge in [-0.25, -0.2) is 0 Å². The Hall–Kier alpha value is -3.46. The normalized spacial score (nSPS) is 13.6. The van der Waals surface area contributed by atoms with Crippen LogP contribution in [0.15, 0.2) is 42.5 Å². The number of nitro benzene ring substituents is 1. The second-order valence-corrected chi connectivity index (χ2v) is 7.07. The third-order valence-corrected chi connectivity index (χ3v) is 4.90. The van der Waals surface area contributed by atoms with Crippen molar-refractivity contribution < 1.29 is 19.2 Å². The number of Topliss-reactive ketones (excluding diaryl/α,β-unsaturated/α-hetero) is 1. The van der Waals surface area contributed by atoms with Crippen LogP contribution in [0, 0.1) is 10.1 Å². The van der Waals surface area contributed by atoms with Crippen molar-refractivity contribution in [2.75, 3.05) is 55.0 Å². The number of benzene rings is 2. The van der Waals surface area contributed by atoms with E-state index in [-0.39, 0.29) is 35.2 Å². The van der Waals surface area contributed by atoms with E-state index in [1.807, 2.05) is 24.3 Å². The maximum Gasteiger partial charge on any atom is 0.293 e. The Morgan fingerprint density at radius 3 is 2.43 bits per heavy atom. The lowest BCUT2D eigenvalue weighted by atomic mass is 10.1. The molecule has 1 N–H and O–H groups in total.